The Morgan fingerprint density at radius 3 is 2.39 bits per heavy atom. The number of nitrogens with two attached hydrogens (primary N) is 2. The van der Waals surface area contributed by atoms with Crippen LogP contribution in [-0.4, -0.2) is 16.3 Å². The highest BCUT2D eigenvalue weighted by Gasteiger charge is 2.06. The largest absolute Gasteiger partial charge is 0.383 e. The van der Waals surface area contributed by atoms with Gasteiger partial charge >= 0.3 is 0 Å². The Morgan fingerprint density at radius 2 is 1.83 bits per heavy atom. The lowest BCUT2D eigenvalue weighted by Crippen LogP contribution is -1.99. The summed E-state index contributed by atoms with van der Waals surface area (Å²) in [6.07, 6.45) is 0.816. The fourth-order valence-corrected chi connectivity index (χ4v) is 2.32. The fourth-order valence-electron chi connectivity index (χ4n) is 1.47. The first-order chi connectivity index (χ1) is 8.58. The summed E-state index contributed by atoms with van der Waals surface area (Å²) in [5.41, 5.74) is 12.8. The summed E-state index contributed by atoms with van der Waals surface area (Å²) >= 11 is 1.36. The molecule has 1 heterocycles. The Kier molecular flexibility index (Phi) is 3.47. The standard InChI is InChI=1S/C12H12N4OS/c1-7-4-8(6-17)2-3-9(7)18-12-15-10(13)5-11(14)16-12/h2-6H,1H3,(H4,13,14,15,16). The van der Waals surface area contributed by atoms with E-state index in [0.29, 0.717) is 22.4 Å². The van der Waals surface area contributed by atoms with Gasteiger partial charge in [0.2, 0.25) is 0 Å². The van der Waals surface area contributed by atoms with Crippen molar-refractivity contribution < 1.29 is 4.79 Å². The predicted octanol–water partition coefficient (Wildman–Crippen LogP) is 1.91. The number of aromatic nitrogens is 2. The van der Waals surface area contributed by atoms with Crippen LogP contribution in [0.15, 0.2) is 34.3 Å². The van der Waals surface area contributed by atoms with Gasteiger partial charge in [-0.05, 0) is 36.4 Å². The van der Waals surface area contributed by atoms with Crippen LogP contribution in [0.25, 0.3) is 0 Å². The lowest BCUT2D eigenvalue weighted by atomic mass is 10.2. The number of carbonyl (C=O) groups excluding carboxylic acids is 1. The van der Waals surface area contributed by atoms with Crippen molar-refractivity contribution in [2.75, 3.05) is 11.5 Å². The van der Waals surface area contributed by atoms with Crippen LogP contribution in [0.2, 0.25) is 0 Å². The molecule has 0 radical (unpaired) electrons. The first-order valence-corrected chi connectivity index (χ1v) is 6.04. The molecule has 0 saturated heterocycles. The predicted molar refractivity (Wildman–Crippen MR) is 71.5 cm³/mol. The Hall–Kier alpha value is -2.08. The fraction of sp³-hybridized carbons (Fsp3) is 0.0833. The molecule has 0 spiro atoms. The van der Waals surface area contributed by atoms with Crippen molar-refractivity contribution in [3.63, 3.8) is 0 Å². The van der Waals surface area contributed by atoms with E-state index in [-0.39, 0.29) is 0 Å². The molecular weight excluding hydrogens is 248 g/mol. The van der Waals surface area contributed by atoms with E-state index in [0.717, 1.165) is 16.7 Å². The number of rotatable bonds is 3. The number of anilines is 2. The topological polar surface area (TPSA) is 94.9 Å². The molecule has 0 atom stereocenters. The molecule has 0 aliphatic heterocycles. The van der Waals surface area contributed by atoms with Gasteiger partial charge in [-0.15, -0.1) is 0 Å². The van der Waals surface area contributed by atoms with Crippen LogP contribution in [0.3, 0.4) is 0 Å². The van der Waals surface area contributed by atoms with Crippen LogP contribution < -0.4 is 11.5 Å². The van der Waals surface area contributed by atoms with E-state index in [1.54, 1.807) is 6.07 Å². The number of nitrogen functional groups attached to an aromatic ring is 2. The van der Waals surface area contributed by atoms with Gasteiger partial charge in [0.1, 0.15) is 17.9 Å². The zero-order valence-corrected chi connectivity index (χ0v) is 10.6. The van der Waals surface area contributed by atoms with Gasteiger partial charge in [-0.2, -0.15) is 0 Å². The summed E-state index contributed by atoms with van der Waals surface area (Å²) in [5, 5.41) is 0.495. The molecule has 5 nitrogen and oxygen atoms in total. The molecule has 4 N–H and O–H groups in total. The number of hydrogen-bond donors (Lipinski definition) is 2. The summed E-state index contributed by atoms with van der Waals surface area (Å²) in [6, 6.07) is 6.92. The van der Waals surface area contributed by atoms with Crippen LogP contribution in [0.4, 0.5) is 11.6 Å². The van der Waals surface area contributed by atoms with Crippen molar-refractivity contribution in [1.29, 1.82) is 0 Å². The quantitative estimate of drug-likeness (QED) is 0.646. The van der Waals surface area contributed by atoms with Crippen LogP contribution in [-0.2, 0) is 0 Å². The van der Waals surface area contributed by atoms with Gasteiger partial charge in [-0.25, -0.2) is 9.97 Å². The Morgan fingerprint density at radius 1 is 1.17 bits per heavy atom. The van der Waals surface area contributed by atoms with Crippen LogP contribution in [0.5, 0.6) is 0 Å². The van der Waals surface area contributed by atoms with E-state index < -0.39 is 0 Å². The third-order valence-electron chi connectivity index (χ3n) is 2.28. The molecule has 6 heteroatoms. The van der Waals surface area contributed by atoms with Gasteiger partial charge in [0.25, 0.3) is 0 Å². The molecule has 0 fully saturated rings. The van der Waals surface area contributed by atoms with Crippen molar-refractivity contribution in [1.82, 2.24) is 9.97 Å². The second-order valence-electron chi connectivity index (χ2n) is 3.75. The smallest absolute Gasteiger partial charge is 0.196 e. The zero-order valence-electron chi connectivity index (χ0n) is 9.75. The number of nitrogens with zero attached hydrogens (tertiary/aromatic N) is 2. The number of benzene rings is 1. The number of hydrogen-bond acceptors (Lipinski definition) is 6. The Labute approximate surface area is 109 Å². The summed E-state index contributed by atoms with van der Waals surface area (Å²) in [6.45, 7) is 1.92. The van der Waals surface area contributed by atoms with Gasteiger partial charge in [0.05, 0.1) is 0 Å². The van der Waals surface area contributed by atoms with Crippen LogP contribution in [0.1, 0.15) is 15.9 Å². The van der Waals surface area contributed by atoms with E-state index in [1.165, 1.54) is 17.8 Å². The average Bonchev–Trinajstić information content (AvgIpc) is 2.30. The molecule has 0 unspecified atom stereocenters. The minimum absolute atomic E-state index is 0.340. The van der Waals surface area contributed by atoms with Gasteiger partial charge in [-0.3, -0.25) is 4.79 Å². The van der Waals surface area contributed by atoms with Crippen molar-refractivity contribution in [2.24, 2.45) is 0 Å². The molecule has 1 aromatic carbocycles. The molecule has 2 aromatic rings. The van der Waals surface area contributed by atoms with E-state index in [2.05, 4.69) is 9.97 Å². The van der Waals surface area contributed by atoms with E-state index in [1.807, 2.05) is 19.1 Å². The molecule has 0 bridgehead atoms. The second kappa shape index (κ2) is 5.05. The summed E-state index contributed by atoms with van der Waals surface area (Å²) in [7, 11) is 0. The van der Waals surface area contributed by atoms with Crippen molar-refractivity contribution in [2.45, 2.75) is 17.0 Å². The number of aldehydes is 1. The number of carbonyl (C=O) groups is 1. The first kappa shape index (κ1) is 12.4. The maximum Gasteiger partial charge on any atom is 0.196 e. The third kappa shape index (κ3) is 2.78. The lowest BCUT2D eigenvalue weighted by molar-refractivity contribution is 0.112. The van der Waals surface area contributed by atoms with Crippen molar-refractivity contribution >= 4 is 29.7 Å². The number of aryl methyl sites for hydroxylation is 1. The normalized spacial score (nSPS) is 10.3. The minimum Gasteiger partial charge on any atom is -0.383 e. The monoisotopic (exact) mass is 260 g/mol. The summed E-state index contributed by atoms with van der Waals surface area (Å²) in [5.74, 6) is 0.680. The second-order valence-corrected chi connectivity index (χ2v) is 4.75. The van der Waals surface area contributed by atoms with Gasteiger partial charge in [0.15, 0.2) is 5.16 Å². The minimum atomic E-state index is 0.340. The van der Waals surface area contributed by atoms with Crippen LogP contribution in [0, 0.1) is 6.92 Å². The van der Waals surface area contributed by atoms with Gasteiger partial charge in [0, 0.05) is 16.5 Å². The van der Waals surface area contributed by atoms with E-state index in [4.69, 9.17) is 11.5 Å². The molecule has 0 saturated carbocycles. The molecule has 1 aromatic heterocycles. The molecule has 0 aliphatic rings. The zero-order chi connectivity index (χ0) is 13.1. The van der Waals surface area contributed by atoms with E-state index >= 15 is 0 Å². The van der Waals surface area contributed by atoms with Crippen molar-refractivity contribution in [3.8, 4) is 0 Å². The lowest BCUT2D eigenvalue weighted by Gasteiger charge is -2.06. The summed E-state index contributed by atoms with van der Waals surface area (Å²) in [4.78, 5) is 19.8. The molecule has 2 rings (SSSR count). The third-order valence-corrected chi connectivity index (χ3v) is 3.32. The highest BCUT2D eigenvalue weighted by atomic mass is 32.2. The maximum absolute atomic E-state index is 10.7. The highest BCUT2D eigenvalue weighted by Crippen LogP contribution is 2.29. The van der Waals surface area contributed by atoms with Crippen molar-refractivity contribution in [3.05, 3.63) is 35.4 Å². The molecular formula is C12H12N4OS. The molecule has 0 aliphatic carbocycles. The van der Waals surface area contributed by atoms with Crippen LogP contribution >= 0.6 is 11.8 Å². The molecule has 0 amide bonds. The summed E-state index contributed by atoms with van der Waals surface area (Å²) < 4.78 is 0. The average molecular weight is 260 g/mol. The van der Waals surface area contributed by atoms with E-state index in [9.17, 15) is 4.79 Å². The Balaban J connectivity index is 2.31. The van der Waals surface area contributed by atoms with Gasteiger partial charge < -0.3 is 11.5 Å². The molecule has 92 valence electrons. The van der Waals surface area contributed by atoms with Gasteiger partial charge in [-0.1, -0.05) is 6.07 Å². The highest BCUT2D eigenvalue weighted by molar-refractivity contribution is 7.99. The molecule has 18 heavy (non-hydrogen) atoms. The Bertz CT molecular complexity index is 580. The maximum atomic E-state index is 10.7. The SMILES string of the molecule is Cc1cc(C=O)ccc1Sc1nc(N)cc(N)n1. The first-order valence-electron chi connectivity index (χ1n) is 5.22.